The Hall–Kier alpha value is -3.37. The van der Waals surface area contributed by atoms with E-state index in [9.17, 15) is 18.0 Å². The number of hydrogen-bond acceptors (Lipinski definition) is 7. The molecule has 0 bridgehead atoms. The average Bonchev–Trinajstić information content (AvgIpc) is 2.86. The van der Waals surface area contributed by atoms with Crippen LogP contribution in [0.2, 0.25) is 0 Å². The van der Waals surface area contributed by atoms with Crippen molar-refractivity contribution in [1.82, 2.24) is 9.97 Å². The molecule has 1 aliphatic heterocycles. The number of ether oxygens (including phenoxy) is 1. The van der Waals surface area contributed by atoms with Gasteiger partial charge in [0.2, 0.25) is 12.5 Å². The first-order valence-electron chi connectivity index (χ1n) is 9.27. The number of oxime groups is 1. The van der Waals surface area contributed by atoms with Crippen molar-refractivity contribution in [2.24, 2.45) is 5.16 Å². The van der Waals surface area contributed by atoms with Crippen molar-refractivity contribution in [2.45, 2.75) is 25.4 Å². The highest BCUT2D eigenvalue weighted by atomic mass is 19.4. The normalized spacial score (nSPS) is 17.8. The maximum Gasteiger partial charge on any atom is 0.425 e. The number of halogens is 3. The molecule has 1 aliphatic carbocycles. The van der Waals surface area contributed by atoms with Gasteiger partial charge in [0.15, 0.2) is 0 Å². The van der Waals surface area contributed by atoms with Crippen molar-refractivity contribution >= 4 is 23.1 Å². The first-order chi connectivity index (χ1) is 14.3. The number of nitrogens with two attached hydrogens (primary N) is 1. The van der Waals surface area contributed by atoms with Crippen LogP contribution < -0.4 is 15.4 Å². The predicted molar refractivity (Wildman–Crippen MR) is 102 cm³/mol. The molecule has 8 nitrogen and oxygen atoms in total. The Morgan fingerprint density at radius 1 is 1.27 bits per heavy atom. The summed E-state index contributed by atoms with van der Waals surface area (Å²) < 4.78 is 42.5. The molecule has 11 heteroatoms. The van der Waals surface area contributed by atoms with E-state index in [1.807, 2.05) is 6.07 Å². The molecule has 2 N–H and O–H groups in total. The van der Waals surface area contributed by atoms with Gasteiger partial charge in [0, 0.05) is 11.3 Å². The fourth-order valence-electron chi connectivity index (χ4n) is 3.50. The minimum atomic E-state index is -4.44. The van der Waals surface area contributed by atoms with E-state index in [1.54, 1.807) is 12.1 Å². The molecule has 30 heavy (non-hydrogen) atoms. The summed E-state index contributed by atoms with van der Waals surface area (Å²) in [6.45, 7) is -0.928. The van der Waals surface area contributed by atoms with Gasteiger partial charge in [0.25, 0.3) is 5.91 Å². The second kappa shape index (κ2) is 7.81. The lowest BCUT2D eigenvalue weighted by Gasteiger charge is -2.24. The molecule has 0 saturated heterocycles. The van der Waals surface area contributed by atoms with Crippen LogP contribution in [0.1, 0.15) is 34.3 Å². The van der Waals surface area contributed by atoms with E-state index in [2.05, 4.69) is 20.0 Å². The van der Waals surface area contributed by atoms with Crippen molar-refractivity contribution in [3.05, 3.63) is 41.2 Å². The van der Waals surface area contributed by atoms with E-state index in [4.69, 9.17) is 10.5 Å². The summed E-state index contributed by atoms with van der Waals surface area (Å²) in [4.78, 5) is 26.9. The first kappa shape index (κ1) is 19.9. The Morgan fingerprint density at radius 3 is 2.90 bits per heavy atom. The van der Waals surface area contributed by atoms with Crippen LogP contribution >= 0.6 is 0 Å². The van der Waals surface area contributed by atoms with Gasteiger partial charge in [0.05, 0.1) is 12.3 Å². The third-order valence-electron chi connectivity index (χ3n) is 4.83. The highest BCUT2D eigenvalue weighted by Gasteiger charge is 2.30. The van der Waals surface area contributed by atoms with Crippen LogP contribution in [-0.4, -0.2) is 47.5 Å². The van der Waals surface area contributed by atoms with Crippen molar-refractivity contribution in [1.29, 1.82) is 0 Å². The van der Waals surface area contributed by atoms with Gasteiger partial charge < -0.3 is 20.2 Å². The number of nitrogens with zero attached hydrogens (tertiary/aromatic N) is 4. The minimum absolute atomic E-state index is 0.0334. The number of hydrogen-bond donors (Lipinski definition) is 1. The number of fused-ring (bicyclic) bond motifs is 2. The molecule has 1 aromatic carbocycles. The fraction of sp³-hybridized carbons (Fsp3) is 0.368. The monoisotopic (exact) mass is 421 g/mol. The third-order valence-corrected chi connectivity index (χ3v) is 4.83. The highest BCUT2D eigenvalue weighted by molar-refractivity contribution is 6.11. The average molecular weight is 421 g/mol. The summed E-state index contributed by atoms with van der Waals surface area (Å²) in [6.07, 6.45) is -1.27. The first-order valence-corrected chi connectivity index (χ1v) is 9.27. The van der Waals surface area contributed by atoms with Gasteiger partial charge in [-0.15, -0.1) is 0 Å². The standard InChI is InChI=1S/C19H18F3N5O3/c20-19(21,22)9-30-26-14-3-1-2-11-8-12(4-5-13(11)14)27-6-7-29-17-15(18(27)28)16(23)24-10-25-17/h4-5,8,10H,1-3,6-7,9H2,(H2,23,24,25). The van der Waals surface area contributed by atoms with Crippen LogP contribution in [-0.2, 0) is 11.3 Å². The van der Waals surface area contributed by atoms with E-state index >= 15 is 0 Å². The van der Waals surface area contributed by atoms with Crippen molar-refractivity contribution in [3.63, 3.8) is 0 Å². The molecule has 158 valence electrons. The number of carbonyl (C=O) groups is 1. The number of carbonyl (C=O) groups excluding carboxylic acids is 1. The zero-order chi connectivity index (χ0) is 21.3. The third kappa shape index (κ3) is 4.00. The second-order valence-electron chi connectivity index (χ2n) is 6.87. The molecule has 0 fully saturated rings. The van der Waals surface area contributed by atoms with Gasteiger partial charge in [0.1, 0.15) is 24.3 Å². The number of alkyl halides is 3. The molecule has 2 aliphatic rings. The molecular formula is C19H18F3N5O3. The molecule has 2 heterocycles. The van der Waals surface area contributed by atoms with Crippen molar-refractivity contribution < 1.29 is 27.5 Å². The maximum atomic E-state index is 13.1. The number of rotatable bonds is 3. The van der Waals surface area contributed by atoms with Gasteiger partial charge in [-0.2, -0.15) is 13.2 Å². The van der Waals surface area contributed by atoms with Gasteiger partial charge >= 0.3 is 6.18 Å². The number of benzene rings is 1. The smallest absolute Gasteiger partial charge is 0.425 e. The number of aryl methyl sites for hydroxylation is 1. The lowest BCUT2D eigenvalue weighted by molar-refractivity contribution is -0.173. The summed E-state index contributed by atoms with van der Waals surface area (Å²) >= 11 is 0. The zero-order valence-corrected chi connectivity index (χ0v) is 15.8. The lowest BCUT2D eigenvalue weighted by Crippen LogP contribution is -2.33. The Kier molecular flexibility index (Phi) is 5.18. The molecule has 0 saturated carbocycles. The Bertz CT molecular complexity index is 1010. The van der Waals surface area contributed by atoms with Crippen LogP contribution in [0.15, 0.2) is 29.7 Å². The van der Waals surface area contributed by atoms with E-state index in [0.29, 0.717) is 36.2 Å². The van der Waals surface area contributed by atoms with E-state index < -0.39 is 12.8 Å². The largest absolute Gasteiger partial charge is 0.475 e. The van der Waals surface area contributed by atoms with Crippen LogP contribution in [0, 0.1) is 0 Å². The van der Waals surface area contributed by atoms with E-state index in [-0.39, 0.29) is 36.3 Å². The van der Waals surface area contributed by atoms with Crippen molar-refractivity contribution in [2.75, 3.05) is 30.4 Å². The second-order valence-corrected chi connectivity index (χ2v) is 6.87. The molecular weight excluding hydrogens is 403 g/mol. The molecule has 4 rings (SSSR count). The molecule has 0 radical (unpaired) electrons. The van der Waals surface area contributed by atoms with Crippen LogP contribution in [0.3, 0.4) is 0 Å². The van der Waals surface area contributed by atoms with E-state index in [0.717, 1.165) is 5.56 Å². The zero-order valence-electron chi connectivity index (χ0n) is 15.8. The number of aromatic nitrogens is 2. The predicted octanol–water partition coefficient (Wildman–Crippen LogP) is 2.72. The molecule has 1 amide bonds. The number of nitrogen functional groups attached to an aromatic ring is 1. The Balaban J connectivity index is 1.62. The van der Waals surface area contributed by atoms with Gasteiger partial charge in [-0.3, -0.25) is 4.79 Å². The molecule has 0 atom stereocenters. The SMILES string of the molecule is Nc1ncnc2c1C(=O)N(c1ccc3c(c1)CCCC3=NOCC(F)(F)F)CCO2. The number of anilines is 2. The summed E-state index contributed by atoms with van der Waals surface area (Å²) in [6, 6.07) is 5.29. The van der Waals surface area contributed by atoms with Crippen LogP contribution in [0.4, 0.5) is 24.7 Å². The van der Waals surface area contributed by atoms with E-state index in [1.165, 1.54) is 11.2 Å². The summed E-state index contributed by atoms with van der Waals surface area (Å²) in [5.74, 6) is -0.200. The maximum absolute atomic E-state index is 13.1. The molecule has 2 aromatic rings. The van der Waals surface area contributed by atoms with Gasteiger partial charge in [-0.25, -0.2) is 9.97 Å². The molecule has 0 spiro atoms. The Morgan fingerprint density at radius 2 is 2.10 bits per heavy atom. The summed E-state index contributed by atoms with van der Waals surface area (Å²) in [7, 11) is 0. The highest BCUT2D eigenvalue weighted by Crippen LogP contribution is 2.31. The van der Waals surface area contributed by atoms with Gasteiger partial charge in [-0.1, -0.05) is 11.2 Å². The minimum Gasteiger partial charge on any atom is -0.475 e. The number of amides is 1. The summed E-state index contributed by atoms with van der Waals surface area (Å²) in [5.41, 5.74) is 8.64. The summed E-state index contributed by atoms with van der Waals surface area (Å²) in [5, 5.41) is 3.69. The van der Waals surface area contributed by atoms with Crippen LogP contribution in [0.25, 0.3) is 0 Å². The van der Waals surface area contributed by atoms with Crippen molar-refractivity contribution in [3.8, 4) is 5.88 Å². The molecule has 1 aromatic heterocycles. The lowest BCUT2D eigenvalue weighted by atomic mass is 9.89. The Labute approximate surface area is 169 Å². The quantitative estimate of drug-likeness (QED) is 0.765. The van der Waals surface area contributed by atoms with Gasteiger partial charge in [-0.05, 0) is 37.0 Å². The topological polar surface area (TPSA) is 103 Å². The van der Waals surface area contributed by atoms with Crippen LogP contribution in [0.5, 0.6) is 5.88 Å². The molecule has 0 unspecified atom stereocenters. The fourth-order valence-corrected chi connectivity index (χ4v) is 3.50.